The molecule has 1 heterocycles. The predicted octanol–water partition coefficient (Wildman–Crippen LogP) is 4.52. The van der Waals surface area contributed by atoms with E-state index in [1.807, 2.05) is 36.7 Å². The molecule has 4 heteroatoms. The van der Waals surface area contributed by atoms with Gasteiger partial charge in [0.15, 0.2) is 0 Å². The number of hydrogen-bond donors (Lipinski definition) is 0. The summed E-state index contributed by atoms with van der Waals surface area (Å²) in [7, 11) is 0. The first-order valence-corrected chi connectivity index (χ1v) is 7.41. The van der Waals surface area contributed by atoms with Gasteiger partial charge in [0, 0.05) is 35.0 Å². The standard InChI is InChI=1S/C15H16BrClN2/c1-2-19(10-12-5-7-18-8-6-12)11-13-3-4-14(16)9-15(13)17/h3-9H,2,10-11H2,1H3. The van der Waals surface area contributed by atoms with Gasteiger partial charge in [0.25, 0.3) is 0 Å². The molecule has 0 unspecified atom stereocenters. The molecule has 0 aliphatic carbocycles. The monoisotopic (exact) mass is 338 g/mol. The molecule has 100 valence electrons. The second kappa shape index (κ2) is 7.04. The van der Waals surface area contributed by atoms with E-state index >= 15 is 0 Å². The Morgan fingerprint density at radius 2 is 1.89 bits per heavy atom. The largest absolute Gasteiger partial charge is 0.295 e. The third-order valence-electron chi connectivity index (χ3n) is 3.01. The fourth-order valence-corrected chi connectivity index (χ4v) is 2.65. The van der Waals surface area contributed by atoms with E-state index in [0.29, 0.717) is 0 Å². The summed E-state index contributed by atoms with van der Waals surface area (Å²) < 4.78 is 1.01. The van der Waals surface area contributed by atoms with E-state index in [1.54, 1.807) is 0 Å². The second-order valence-electron chi connectivity index (χ2n) is 4.39. The highest BCUT2D eigenvalue weighted by Crippen LogP contribution is 2.23. The molecular formula is C15H16BrClN2. The van der Waals surface area contributed by atoms with Gasteiger partial charge in [-0.25, -0.2) is 0 Å². The molecule has 0 saturated carbocycles. The van der Waals surface area contributed by atoms with Gasteiger partial charge >= 0.3 is 0 Å². The van der Waals surface area contributed by atoms with Crippen LogP contribution in [0.3, 0.4) is 0 Å². The van der Waals surface area contributed by atoms with Gasteiger partial charge in [-0.15, -0.1) is 0 Å². The minimum Gasteiger partial charge on any atom is -0.295 e. The number of halogens is 2. The highest BCUT2D eigenvalue weighted by molar-refractivity contribution is 9.10. The molecule has 0 amide bonds. The average Bonchev–Trinajstić information content (AvgIpc) is 2.42. The number of aromatic nitrogens is 1. The third kappa shape index (κ3) is 4.30. The molecule has 0 aliphatic heterocycles. The topological polar surface area (TPSA) is 16.1 Å². The molecule has 0 radical (unpaired) electrons. The van der Waals surface area contributed by atoms with Gasteiger partial charge in [0.05, 0.1) is 0 Å². The molecular weight excluding hydrogens is 324 g/mol. The van der Waals surface area contributed by atoms with Crippen molar-refractivity contribution in [2.24, 2.45) is 0 Å². The van der Waals surface area contributed by atoms with E-state index in [0.717, 1.165) is 34.7 Å². The van der Waals surface area contributed by atoms with E-state index in [2.05, 4.69) is 38.8 Å². The zero-order chi connectivity index (χ0) is 13.7. The minimum atomic E-state index is 0.808. The highest BCUT2D eigenvalue weighted by atomic mass is 79.9. The van der Waals surface area contributed by atoms with Crippen molar-refractivity contribution >= 4 is 27.5 Å². The van der Waals surface area contributed by atoms with Crippen molar-refractivity contribution in [2.75, 3.05) is 6.54 Å². The number of hydrogen-bond acceptors (Lipinski definition) is 2. The molecule has 1 aromatic heterocycles. The first-order valence-electron chi connectivity index (χ1n) is 6.24. The normalized spacial score (nSPS) is 10.9. The van der Waals surface area contributed by atoms with Gasteiger partial charge in [-0.2, -0.15) is 0 Å². The molecule has 0 spiro atoms. The summed E-state index contributed by atoms with van der Waals surface area (Å²) in [6.45, 7) is 4.90. The summed E-state index contributed by atoms with van der Waals surface area (Å²) in [6, 6.07) is 10.1. The Morgan fingerprint density at radius 1 is 1.16 bits per heavy atom. The van der Waals surface area contributed by atoms with Gasteiger partial charge in [-0.3, -0.25) is 9.88 Å². The maximum Gasteiger partial charge on any atom is 0.0462 e. The van der Waals surface area contributed by atoms with E-state index in [1.165, 1.54) is 5.56 Å². The smallest absolute Gasteiger partial charge is 0.0462 e. The van der Waals surface area contributed by atoms with E-state index in [4.69, 9.17) is 11.6 Å². The summed E-state index contributed by atoms with van der Waals surface area (Å²) in [4.78, 5) is 6.39. The second-order valence-corrected chi connectivity index (χ2v) is 5.72. The lowest BCUT2D eigenvalue weighted by molar-refractivity contribution is 0.271. The van der Waals surface area contributed by atoms with E-state index in [9.17, 15) is 0 Å². The molecule has 0 fully saturated rings. The quantitative estimate of drug-likeness (QED) is 0.796. The van der Waals surface area contributed by atoms with Crippen LogP contribution < -0.4 is 0 Å². The maximum absolute atomic E-state index is 6.27. The van der Waals surface area contributed by atoms with Crippen LogP contribution in [0, 0.1) is 0 Å². The van der Waals surface area contributed by atoms with Gasteiger partial charge in [-0.1, -0.05) is 40.5 Å². The molecule has 1 aromatic carbocycles. The molecule has 2 nitrogen and oxygen atoms in total. The van der Waals surface area contributed by atoms with Gasteiger partial charge in [-0.05, 0) is 41.9 Å². The number of pyridine rings is 1. The fourth-order valence-electron chi connectivity index (χ4n) is 1.92. The Labute approximate surface area is 127 Å². The van der Waals surface area contributed by atoms with Gasteiger partial charge in [0.1, 0.15) is 0 Å². The van der Waals surface area contributed by atoms with Crippen molar-refractivity contribution in [3.63, 3.8) is 0 Å². The van der Waals surface area contributed by atoms with Crippen LogP contribution in [0.15, 0.2) is 47.2 Å². The van der Waals surface area contributed by atoms with Crippen molar-refractivity contribution in [1.29, 1.82) is 0 Å². The molecule has 19 heavy (non-hydrogen) atoms. The molecule has 0 atom stereocenters. The summed E-state index contributed by atoms with van der Waals surface area (Å²) in [5, 5.41) is 0.808. The first kappa shape index (κ1) is 14.5. The number of rotatable bonds is 5. The van der Waals surface area contributed by atoms with Crippen LogP contribution in [-0.4, -0.2) is 16.4 Å². The Bertz CT molecular complexity index is 531. The Morgan fingerprint density at radius 3 is 2.53 bits per heavy atom. The maximum atomic E-state index is 6.27. The third-order valence-corrected chi connectivity index (χ3v) is 3.86. The van der Waals surface area contributed by atoms with Crippen LogP contribution in [0.5, 0.6) is 0 Å². The van der Waals surface area contributed by atoms with Crippen LogP contribution in [0.4, 0.5) is 0 Å². The SMILES string of the molecule is CCN(Cc1ccncc1)Cc1ccc(Br)cc1Cl. The van der Waals surface area contributed by atoms with Crippen molar-refractivity contribution in [3.05, 3.63) is 63.3 Å². The van der Waals surface area contributed by atoms with Crippen molar-refractivity contribution in [1.82, 2.24) is 9.88 Å². The molecule has 0 saturated heterocycles. The van der Waals surface area contributed by atoms with Crippen LogP contribution >= 0.6 is 27.5 Å². The number of nitrogens with zero attached hydrogens (tertiary/aromatic N) is 2. The molecule has 2 aromatic rings. The summed E-state index contributed by atoms with van der Waals surface area (Å²) in [6.07, 6.45) is 3.66. The highest BCUT2D eigenvalue weighted by Gasteiger charge is 2.08. The summed E-state index contributed by atoms with van der Waals surface area (Å²) in [5.74, 6) is 0. The van der Waals surface area contributed by atoms with E-state index < -0.39 is 0 Å². The number of benzene rings is 1. The Kier molecular flexibility index (Phi) is 5.37. The predicted molar refractivity (Wildman–Crippen MR) is 83.2 cm³/mol. The molecule has 0 N–H and O–H groups in total. The minimum absolute atomic E-state index is 0.808. The van der Waals surface area contributed by atoms with Gasteiger partial charge < -0.3 is 0 Å². The summed E-state index contributed by atoms with van der Waals surface area (Å²) >= 11 is 9.70. The zero-order valence-corrected chi connectivity index (χ0v) is 13.2. The van der Waals surface area contributed by atoms with Crippen molar-refractivity contribution in [2.45, 2.75) is 20.0 Å². The van der Waals surface area contributed by atoms with Crippen LogP contribution in [0.25, 0.3) is 0 Å². The summed E-state index contributed by atoms with van der Waals surface area (Å²) in [5.41, 5.74) is 2.42. The average molecular weight is 340 g/mol. The Hall–Kier alpha value is -0.900. The molecule has 0 bridgehead atoms. The van der Waals surface area contributed by atoms with Crippen LogP contribution in [0.2, 0.25) is 5.02 Å². The lowest BCUT2D eigenvalue weighted by Crippen LogP contribution is -2.22. The molecule has 2 rings (SSSR count). The van der Waals surface area contributed by atoms with Crippen molar-refractivity contribution in [3.8, 4) is 0 Å². The van der Waals surface area contributed by atoms with Crippen LogP contribution in [-0.2, 0) is 13.1 Å². The molecule has 0 aliphatic rings. The first-order chi connectivity index (χ1) is 9.19. The fraction of sp³-hybridized carbons (Fsp3) is 0.267. The van der Waals surface area contributed by atoms with E-state index in [-0.39, 0.29) is 0 Å². The zero-order valence-electron chi connectivity index (χ0n) is 10.8. The lowest BCUT2D eigenvalue weighted by Gasteiger charge is -2.21. The van der Waals surface area contributed by atoms with Crippen molar-refractivity contribution < 1.29 is 0 Å². The lowest BCUT2D eigenvalue weighted by atomic mass is 10.2. The Balaban J connectivity index is 2.06. The van der Waals surface area contributed by atoms with Gasteiger partial charge in [0.2, 0.25) is 0 Å². The van der Waals surface area contributed by atoms with Crippen LogP contribution in [0.1, 0.15) is 18.1 Å².